The van der Waals surface area contributed by atoms with Crippen LogP contribution in [0.25, 0.3) is 0 Å². The molecule has 2 fully saturated rings. The fourth-order valence-corrected chi connectivity index (χ4v) is 5.93. The van der Waals surface area contributed by atoms with Gasteiger partial charge in [-0.15, -0.1) is 11.8 Å². The molecule has 0 aliphatic carbocycles. The number of aliphatic imine (C=N–C) groups is 1. The van der Waals surface area contributed by atoms with Crippen molar-refractivity contribution in [3.8, 4) is 0 Å². The molecule has 1 atom stereocenters. The number of thioether (sulfide) groups is 2. The zero-order valence-electron chi connectivity index (χ0n) is 16.6. The molecule has 8 heteroatoms. The second-order valence-corrected chi connectivity index (χ2v) is 9.41. The van der Waals surface area contributed by atoms with Gasteiger partial charge >= 0.3 is 0 Å². The lowest BCUT2D eigenvalue weighted by molar-refractivity contribution is -0.0120. The van der Waals surface area contributed by atoms with Crippen molar-refractivity contribution >= 4 is 29.5 Å². The topological polar surface area (TPSA) is 48.9 Å². The molecule has 28 heavy (non-hydrogen) atoms. The zero-order valence-corrected chi connectivity index (χ0v) is 18.2. The van der Waals surface area contributed by atoms with E-state index in [9.17, 15) is 4.39 Å². The molecule has 2 aliphatic rings. The van der Waals surface area contributed by atoms with Gasteiger partial charge in [0, 0.05) is 49.4 Å². The van der Waals surface area contributed by atoms with Crippen LogP contribution in [0, 0.1) is 5.82 Å². The minimum absolute atomic E-state index is 0.184. The predicted molar refractivity (Wildman–Crippen MR) is 118 cm³/mol. The minimum atomic E-state index is -0.184. The summed E-state index contributed by atoms with van der Waals surface area (Å²) in [6, 6.07) is 6.69. The summed E-state index contributed by atoms with van der Waals surface area (Å²) in [5.41, 5.74) is 0.213. The SMILES string of the molecule is CN=C(NCCCSc1ccc(F)cc1)NCC1(N2CCOCC2)CCSC1. The first-order valence-corrected chi connectivity index (χ1v) is 12.1. The van der Waals surface area contributed by atoms with Crippen LogP contribution in [-0.4, -0.2) is 80.1 Å². The maximum Gasteiger partial charge on any atom is 0.191 e. The van der Waals surface area contributed by atoms with E-state index >= 15 is 0 Å². The Morgan fingerprint density at radius 3 is 2.75 bits per heavy atom. The Morgan fingerprint density at radius 2 is 2.07 bits per heavy atom. The number of rotatable bonds is 8. The first-order chi connectivity index (χ1) is 13.7. The summed E-state index contributed by atoms with van der Waals surface area (Å²) < 4.78 is 18.5. The summed E-state index contributed by atoms with van der Waals surface area (Å²) in [4.78, 5) is 8.10. The smallest absolute Gasteiger partial charge is 0.191 e. The Morgan fingerprint density at radius 1 is 1.29 bits per heavy atom. The van der Waals surface area contributed by atoms with Gasteiger partial charge < -0.3 is 15.4 Å². The molecule has 5 nitrogen and oxygen atoms in total. The van der Waals surface area contributed by atoms with E-state index < -0.39 is 0 Å². The lowest BCUT2D eigenvalue weighted by Gasteiger charge is -2.43. The van der Waals surface area contributed by atoms with Crippen molar-refractivity contribution in [2.75, 3.05) is 63.7 Å². The predicted octanol–water partition coefficient (Wildman–Crippen LogP) is 2.68. The molecule has 0 spiro atoms. The number of morpholine rings is 1. The fourth-order valence-electron chi connectivity index (χ4n) is 3.60. The highest BCUT2D eigenvalue weighted by molar-refractivity contribution is 7.99. The van der Waals surface area contributed by atoms with Crippen LogP contribution in [0.5, 0.6) is 0 Å². The van der Waals surface area contributed by atoms with Crippen molar-refractivity contribution in [3.05, 3.63) is 30.1 Å². The normalized spacial score (nSPS) is 23.7. The van der Waals surface area contributed by atoms with Crippen LogP contribution >= 0.6 is 23.5 Å². The molecule has 1 aromatic carbocycles. The van der Waals surface area contributed by atoms with Gasteiger partial charge in [0.25, 0.3) is 0 Å². The Kier molecular flexibility index (Phi) is 8.76. The quantitative estimate of drug-likeness (QED) is 0.289. The highest BCUT2D eigenvalue weighted by atomic mass is 32.2. The number of hydrogen-bond donors (Lipinski definition) is 2. The highest BCUT2D eigenvalue weighted by Crippen LogP contribution is 2.33. The van der Waals surface area contributed by atoms with E-state index in [-0.39, 0.29) is 11.4 Å². The number of ether oxygens (including phenoxy) is 1. The summed E-state index contributed by atoms with van der Waals surface area (Å²) in [6.07, 6.45) is 2.24. The molecule has 0 aromatic heterocycles. The highest BCUT2D eigenvalue weighted by Gasteiger charge is 2.40. The van der Waals surface area contributed by atoms with E-state index in [1.54, 1.807) is 11.8 Å². The molecule has 1 unspecified atom stereocenters. The van der Waals surface area contributed by atoms with Crippen LogP contribution in [0.15, 0.2) is 34.2 Å². The van der Waals surface area contributed by atoms with E-state index in [0.717, 1.165) is 62.4 Å². The van der Waals surface area contributed by atoms with Crippen molar-refractivity contribution in [1.29, 1.82) is 0 Å². The lowest BCUT2D eigenvalue weighted by Crippen LogP contribution is -2.60. The molecule has 2 heterocycles. The third-order valence-corrected chi connectivity index (χ3v) is 7.60. The van der Waals surface area contributed by atoms with Gasteiger partial charge in [-0.25, -0.2) is 4.39 Å². The molecule has 0 radical (unpaired) electrons. The Hall–Kier alpha value is -0.960. The standard InChI is InChI=1S/C20H31FN4OS2/c1-22-19(23-8-2-13-28-18-5-3-17(21)4-6-18)24-15-20(7-14-27-16-20)25-9-11-26-12-10-25/h3-6H,2,7-16H2,1H3,(H2,22,23,24). The van der Waals surface area contributed by atoms with Gasteiger partial charge in [0.05, 0.1) is 13.2 Å². The molecule has 2 saturated heterocycles. The van der Waals surface area contributed by atoms with Gasteiger partial charge in [0.15, 0.2) is 5.96 Å². The van der Waals surface area contributed by atoms with Gasteiger partial charge in [-0.05, 0) is 48.6 Å². The van der Waals surface area contributed by atoms with E-state index in [0.29, 0.717) is 0 Å². The Bertz CT molecular complexity index is 617. The molecule has 2 aliphatic heterocycles. The van der Waals surface area contributed by atoms with Gasteiger partial charge in [-0.3, -0.25) is 9.89 Å². The fraction of sp³-hybridized carbons (Fsp3) is 0.650. The van der Waals surface area contributed by atoms with E-state index in [1.807, 2.05) is 30.9 Å². The maximum atomic E-state index is 12.9. The van der Waals surface area contributed by atoms with Gasteiger partial charge in [-0.1, -0.05) is 0 Å². The molecule has 2 N–H and O–H groups in total. The van der Waals surface area contributed by atoms with Gasteiger partial charge in [0.1, 0.15) is 5.82 Å². The third kappa shape index (κ3) is 6.27. The van der Waals surface area contributed by atoms with E-state index in [4.69, 9.17) is 4.74 Å². The molecule has 0 bridgehead atoms. The third-order valence-electron chi connectivity index (χ3n) is 5.27. The number of nitrogens with one attached hydrogen (secondary N) is 2. The van der Waals surface area contributed by atoms with Crippen molar-refractivity contribution in [2.24, 2.45) is 4.99 Å². The molecule has 0 saturated carbocycles. The largest absolute Gasteiger partial charge is 0.379 e. The van der Waals surface area contributed by atoms with Crippen molar-refractivity contribution in [2.45, 2.75) is 23.3 Å². The molecule has 1 aromatic rings. The summed E-state index contributed by atoms with van der Waals surface area (Å²) >= 11 is 3.80. The van der Waals surface area contributed by atoms with E-state index in [1.165, 1.54) is 30.1 Å². The summed E-state index contributed by atoms with van der Waals surface area (Å²) in [5, 5.41) is 6.98. The number of halogens is 1. The molecular formula is C20H31FN4OS2. The van der Waals surface area contributed by atoms with Crippen LogP contribution in [0.1, 0.15) is 12.8 Å². The summed E-state index contributed by atoms with van der Waals surface area (Å²) in [6.45, 7) is 5.51. The second-order valence-electron chi connectivity index (χ2n) is 7.13. The summed E-state index contributed by atoms with van der Waals surface area (Å²) in [5.74, 6) is 4.08. The lowest BCUT2D eigenvalue weighted by atomic mass is 9.95. The van der Waals surface area contributed by atoms with Crippen LogP contribution < -0.4 is 10.6 Å². The maximum absolute atomic E-state index is 12.9. The molecule has 3 rings (SSSR count). The number of benzene rings is 1. The average molecular weight is 427 g/mol. The average Bonchev–Trinajstić information content (AvgIpc) is 3.22. The minimum Gasteiger partial charge on any atom is -0.379 e. The Labute approximate surface area is 176 Å². The molecular weight excluding hydrogens is 395 g/mol. The van der Waals surface area contributed by atoms with E-state index in [2.05, 4.69) is 20.5 Å². The second kappa shape index (κ2) is 11.3. The first-order valence-electron chi connectivity index (χ1n) is 9.95. The van der Waals surface area contributed by atoms with Gasteiger partial charge in [0.2, 0.25) is 0 Å². The first kappa shape index (κ1) is 21.7. The van der Waals surface area contributed by atoms with Crippen LogP contribution in [0.3, 0.4) is 0 Å². The monoisotopic (exact) mass is 426 g/mol. The Balaban J connectivity index is 1.38. The van der Waals surface area contributed by atoms with Gasteiger partial charge in [-0.2, -0.15) is 11.8 Å². The number of hydrogen-bond acceptors (Lipinski definition) is 5. The van der Waals surface area contributed by atoms with Crippen molar-refractivity contribution in [1.82, 2.24) is 15.5 Å². The number of guanidine groups is 1. The van der Waals surface area contributed by atoms with Crippen molar-refractivity contribution < 1.29 is 9.13 Å². The van der Waals surface area contributed by atoms with Crippen LogP contribution in [0.2, 0.25) is 0 Å². The zero-order chi connectivity index (χ0) is 19.7. The molecule has 0 amide bonds. The molecule has 156 valence electrons. The van der Waals surface area contributed by atoms with Crippen LogP contribution in [0.4, 0.5) is 4.39 Å². The summed E-state index contributed by atoms with van der Waals surface area (Å²) in [7, 11) is 1.83. The number of nitrogens with zero attached hydrogens (tertiary/aromatic N) is 2. The van der Waals surface area contributed by atoms with Crippen molar-refractivity contribution in [3.63, 3.8) is 0 Å². The van der Waals surface area contributed by atoms with Crippen LogP contribution in [-0.2, 0) is 4.74 Å².